The molecule has 4 N–H and O–H groups in total. The van der Waals surface area contributed by atoms with Crippen LogP contribution in [0.5, 0.6) is 0 Å². The van der Waals surface area contributed by atoms with E-state index in [9.17, 15) is 9.59 Å². The van der Waals surface area contributed by atoms with Gasteiger partial charge in [0.1, 0.15) is 6.04 Å². The van der Waals surface area contributed by atoms with Crippen LogP contribution in [0.15, 0.2) is 0 Å². The first-order valence-electron chi connectivity index (χ1n) is 3.84. The summed E-state index contributed by atoms with van der Waals surface area (Å²) in [5, 5.41) is 21.9. The van der Waals surface area contributed by atoms with Crippen LogP contribution in [0.1, 0.15) is 6.92 Å². The van der Waals surface area contributed by atoms with Gasteiger partial charge in [-0.3, -0.25) is 4.79 Å². The Labute approximate surface area is 75.9 Å². The van der Waals surface area contributed by atoms with Crippen molar-refractivity contribution in [1.82, 2.24) is 10.6 Å². The normalized spacial score (nSPS) is 14.7. The molecule has 2 atom stereocenters. The lowest BCUT2D eigenvalue weighted by molar-refractivity contribution is -0.143. The summed E-state index contributed by atoms with van der Waals surface area (Å²) in [5.41, 5.74) is 0. The van der Waals surface area contributed by atoms with Crippen LogP contribution in [-0.2, 0) is 9.59 Å². The molecule has 0 bridgehead atoms. The molecule has 13 heavy (non-hydrogen) atoms. The molecule has 0 saturated heterocycles. The fourth-order valence-electron chi connectivity index (χ4n) is 0.613. The Balaban J connectivity index is 4.09. The highest BCUT2D eigenvalue weighted by Crippen LogP contribution is 1.86. The molecular weight excluding hydrogens is 176 g/mol. The van der Waals surface area contributed by atoms with Crippen LogP contribution in [0.4, 0.5) is 0 Å². The van der Waals surface area contributed by atoms with Gasteiger partial charge >= 0.3 is 5.97 Å². The lowest BCUT2D eigenvalue weighted by Gasteiger charge is -2.15. The first kappa shape index (κ1) is 11.9. The average molecular weight is 190 g/mol. The third kappa shape index (κ3) is 3.86. The number of aliphatic hydroxyl groups excluding tert-OH is 1. The standard InChI is InChI=1S/C7H14N2O4/c1-4(8-2)6(11)9-5(3-10)7(12)13/h4-5,8,10H,3H2,1-2H3,(H,9,11)(H,12,13)/t4-,5-/m0/s1. The largest absolute Gasteiger partial charge is 0.480 e. The number of carbonyl (C=O) groups is 2. The Morgan fingerprint density at radius 3 is 2.31 bits per heavy atom. The fraction of sp³-hybridized carbons (Fsp3) is 0.714. The second-order valence-electron chi connectivity index (χ2n) is 2.59. The summed E-state index contributed by atoms with van der Waals surface area (Å²) in [6, 6.07) is -1.71. The number of carboxylic acids is 1. The first-order valence-corrected chi connectivity index (χ1v) is 3.84. The van der Waals surface area contributed by atoms with Crippen molar-refractivity contribution in [3.8, 4) is 0 Å². The summed E-state index contributed by atoms with van der Waals surface area (Å²) < 4.78 is 0. The Hall–Kier alpha value is -1.14. The Bertz CT molecular complexity index is 195. The first-order chi connectivity index (χ1) is 6.02. The Morgan fingerprint density at radius 1 is 1.46 bits per heavy atom. The average Bonchev–Trinajstić information content (AvgIpc) is 2.11. The Kier molecular flexibility index (Phi) is 5.01. The van der Waals surface area contributed by atoms with E-state index in [1.807, 2.05) is 0 Å². The third-order valence-corrected chi connectivity index (χ3v) is 1.62. The minimum absolute atomic E-state index is 0.455. The maximum atomic E-state index is 11.1. The number of nitrogens with one attached hydrogen (secondary N) is 2. The summed E-state index contributed by atoms with van der Waals surface area (Å²) in [4.78, 5) is 21.5. The van der Waals surface area contributed by atoms with Gasteiger partial charge in [0.2, 0.25) is 5.91 Å². The molecule has 0 heterocycles. The van der Waals surface area contributed by atoms with Crippen molar-refractivity contribution in [3.05, 3.63) is 0 Å². The lowest BCUT2D eigenvalue weighted by Crippen LogP contribution is -2.49. The maximum absolute atomic E-state index is 11.1. The molecular formula is C7H14N2O4. The van der Waals surface area contributed by atoms with E-state index in [4.69, 9.17) is 10.2 Å². The van der Waals surface area contributed by atoms with Crippen LogP contribution in [0.2, 0.25) is 0 Å². The zero-order valence-corrected chi connectivity index (χ0v) is 7.57. The van der Waals surface area contributed by atoms with E-state index in [-0.39, 0.29) is 0 Å². The molecule has 0 aliphatic heterocycles. The number of amides is 1. The summed E-state index contributed by atoms with van der Waals surface area (Å²) in [6.07, 6.45) is 0. The van der Waals surface area contributed by atoms with Gasteiger partial charge in [-0.25, -0.2) is 4.79 Å². The molecule has 76 valence electrons. The van der Waals surface area contributed by atoms with Crippen molar-refractivity contribution in [3.63, 3.8) is 0 Å². The molecule has 0 aliphatic rings. The SMILES string of the molecule is CN[C@@H](C)C(=O)N[C@@H](CO)C(=O)O. The van der Waals surface area contributed by atoms with Gasteiger partial charge in [-0.05, 0) is 14.0 Å². The van der Waals surface area contributed by atoms with Crippen LogP contribution < -0.4 is 10.6 Å². The molecule has 6 heteroatoms. The van der Waals surface area contributed by atoms with E-state index >= 15 is 0 Å². The predicted molar refractivity (Wildman–Crippen MR) is 45.2 cm³/mol. The van der Waals surface area contributed by atoms with E-state index < -0.39 is 30.6 Å². The molecule has 0 aliphatic carbocycles. The van der Waals surface area contributed by atoms with Crippen molar-refractivity contribution in [1.29, 1.82) is 0 Å². The van der Waals surface area contributed by atoms with Gasteiger partial charge in [-0.2, -0.15) is 0 Å². The number of carboxylic acid groups (broad SMARTS) is 1. The van der Waals surface area contributed by atoms with Gasteiger partial charge in [0, 0.05) is 0 Å². The van der Waals surface area contributed by atoms with Gasteiger partial charge in [-0.15, -0.1) is 0 Å². The van der Waals surface area contributed by atoms with E-state index in [0.717, 1.165) is 0 Å². The number of likely N-dealkylation sites (N-methyl/N-ethyl adjacent to an activating group) is 1. The fourth-order valence-corrected chi connectivity index (χ4v) is 0.613. The van der Waals surface area contributed by atoms with Crippen LogP contribution in [0, 0.1) is 0 Å². The highest BCUT2D eigenvalue weighted by Gasteiger charge is 2.20. The van der Waals surface area contributed by atoms with Crippen LogP contribution in [-0.4, -0.2) is 47.8 Å². The molecule has 0 aromatic rings. The number of aliphatic hydroxyl groups is 1. The number of aliphatic carboxylic acids is 1. The van der Waals surface area contributed by atoms with Gasteiger partial charge in [0.15, 0.2) is 0 Å². The molecule has 0 aromatic heterocycles. The lowest BCUT2D eigenvalue weighted by atomic mass is 10.2. The second-order valence-corrected chi connectivity index (χ2v) is 2.59. The second kappa shape index (κ2) is 5.50. The molecule has 0 rings (SSSR count). The molecule has 1 amide bonds. The zero-order chi connectivity index (χ0) is 10.4. The number of rotatable bonds is 5. The molecule has 6 nitrogen and oxygen atoms in total. The van der Waals surface area contributed by atoms with Crippen LogP contribution in [0.3, 0.4) is 0 Å². The van der Waals surface area contributed by atoms with Crippen molar-refractivity contribution in [2.24, 2.45) is 0 Å². The van der Waals surface area contributed by atoms with E-state index in [0.29, 0.717) is 0 Å². The smallest absolute Gasteiger partial charge is 0.328 e. The van der Waals surface area contributed by atoms with Crippen molar-refractivity contribution < 1.29 is 19.8 Å². The predicted octanol–water partition coefficient (Wildman–Crippen LogP) is -1.84. The van der Waals surface area contributed by atoms with E-state index in [1.165, 1.54) is 0 Å². The quantitative estimate of drug-likeness (QED) is 0.408. The zero-order valence-electron chi connectivity index (χ0n) is 7.57. The Morgan fingerprint density at radius 2 is 2.00 bits per heavy atom. The van der Waals surface area contributed by atoms with Gasteiger partial charge in [0.05, 0.1) is 12.6 Å². The highest BCUT2D eigenvalue weighted by atomic mass is 16.4. The molecule has 0 spiro atoms. The van der Waals surface area contributed by atoms with Crippen LogP contribution >= 0.6 is 0 Å². The van der Waals surface area contributed by atoms with E-state index in [1.54, 1.807) is 14.0 Å². The minimum atomic E-state index is -1.25. The minimum Gasteiger partial charge on any atom is -0.480 e. The van der Waals surface area contributed by atoms with Gasteiger partial charge < -0.3 is 20.8 Å². The van der Waals surface area contributed by atoms with Crippen LogP contribution in [0.25, 0.3) is 0 Å². The van der Waals surface area contributed by atoms with Crippen molar-refractivity contribution in [2.75, 3.05) is 13.7 Å². The van der Waals surface area contributed by atoms with Gasteiger partial charge in [0.25, 0.3) is 0 Å². The summed E-state index contributed by atoms with van der Waals surface area (Å²) in [7, 11) is 1.58. The number of carbonyl (C=O) groups excluding carboxylic acids is 1. The highest BCUT2D eigenvalue weighted by molar-refractivity contribution is 5.86. The summed E-state index contributed by atoms with van der Waals surface area (Å²) >= 11 is 0. The molecule has 0 fully saturated rings. The van der Waals surface area contributed by atoms with E-state index in [2.05, 4.69) is 10.6 Å². The number of hydrogen-bond donors (Lipinski definition) is 4. The number of hydrogen-bond acceptors (Lipinski definition) is 4. The maximum Gasteiger partial charge on any atom is 0.328 e. The summed E-state index contributed by atoms with van der Waals surface area (Å²) in [6.45, 7) is 0.975. The topological polar surface area (TPSA) is 98.7 Å². The summed E-state index contributed by atoms with van der Waals surface area (Å²) in [5.74, 6) is -1.71. The molecule has 0 aromatic carbocycles. The van der Waals surface area contributed by atoms with Crippen molar-refractivity contribution >= 4 is 11.9 Å². The van der Waals surface area contributed by atoms with Gasteiger partial charge in [-0.1, -0.05) is 0 Å². The van der Waals surface area contributed by atoms with Crippen molar-refractivity contribution in [2.45, 2.75) is 19.0 Å². The monoisotopic (exact) mass is 190 g/mol. The molecule has 0 saturated carbocycles. The third-order valence-electron chi connectivity index (χ3n) is 1.62. The molecule has 0 radical (unpaired) electrons. The molecule has 0 unspecified atom stereocenters.